The summed E-state index contributed by atoms with van der Waals surface area (Å²) in [5.74, 6) is 0.00941. The lowest BCUT2D eigenvalue weighted by molar-refractivity contribution is -0.128. The monoisotopic (exact) mass is 256 g/mol. The van der Waals surface area contributed by atoms with Crippen LogP contribution in [0.5, 0.6) is 0 Å². The summed E-state index contributed by atoms with van der Waals surface area (Å²) in [5.41, 5.74) is -0.378. The van der Waals surface area contributed by atoms with Crippen molar-refractivity contribution in [3.63, 3.8) is 0 Å². The van der Waals surface area contributed by atoms with Gasteiger partial charge in [0.05, 0.1) is 11.6 Å². The number of rotatable bonds is 4. The van der Waals surface area contributed by atoms with E-state index in [1.807, 2.05) is 6.92 Å². The Morgan fingerprint density at radius 3 is 2.61 bits per heavy atom. The molecule has 0 aromatic heterocycles. The number of hydrogen-bond donors (Lipinski definition) is 3. The fraction of sp³-hybridized carbons (Fsp3) is 0.929. The van der Waals surface area contributed by atoms with Gasteiger partial charge in [0.25, 0.3) is 0 Å². The highest BCUT2D eigenvalue weighted by Gasteiger charge is 2.34. The van der Waals surface area contributed by atoms with Crippen molar-refractivity contribution in [2.24, 2.45) is 5.41 Å². The Bertz CT molecular complexity index is 278. The minimum Gasteiger partial charge on any atom is -0.391 e. The van der Waals surface area contributed by atoms with E-state index >= 15 is 0 Å². The van der Waals surface area contributed by atoms with Crippen molar-refractivity contribution < 1.29 is 9.90 Å². The topological polar surface area (TPSA) is 61.4 Å². The summed E-state index contributed by atoms with van der Waals surface area (Å²) in [6.45, 7) is 9.44. The van der Waals surface area contributed by atoms with Crippen LogP contribution in [0.3, 0.4) is 0 Å². The average Bonchev–Trinajstić information content (AvgIpc) is 2.24. The maximum absolute atomic E-state index is 12.1. The molecule has 1 fully saturated rings. The molecule has 1 saturated heterocycles. The first kappa shape index (κ1) is 15.4. The molecule has 1 heterocycles. The summed E-state index contributed by atoms with van der Waals surface area (Å²) in [7, 11) is 0. The van der Waals surface area contributed by atoms with Gasteiger partial charge in [0.1, 0.15) is 0 Å². The lowest BCUT2D eigenvalue weighted by Gasteiger charge is -2.34. The van der Waals surface area contributed by atoms with Crippen LogP contribution in [0.25, 0.3) is 0 Å². The first-order valence-corrected chi connectivity index (χ1v) is 6.94. The molecule has 0 bridgehead atoms. The van der Waals surface area contributed by atoms with Gasteiger partial charge >= 0.3 is 0 Å². The van der Waals surface area contributed by atoms with Gasteiger partial charge in [-0.1, -0.05) is 20.8 Å². The van der Waals surface area contributed by atoms with Crippen LogP contribution in [0.4, 0.5) is 0 Å². The van der Waals surface area contributed by atoms with E-state index in [0.29, 0.717) is 13.0 Å². The Balaban J connectivity index is 2.36. The van der Waals surface area contributed by atoms with Crippen LogP contribution in [-0.2, 0) is 4.79 Å². The molecule has 4 nitrogen and oxygen atoms in total. The molecule has 0 aromatic rings. The van der Waals surface area contributed by atoms with Crippen molar-refractivity contribution >= 4 is 5.91 Å². The molecule has 18 heavy (non-hydrogen) atoms. The van der Waals surface area contributed by atoms with Crippen LogP contribution >= 0.6 is 0 Å². The van der Waals surface area contributed by atoms with Gasteiger partial charge in [0, 0.05) is 6.54 Å². The number of carbonyl (C=O) groups is 1. The van der Waals surface area contributed by atoms with Gasteiger partial charge in [-0.3, -0.25) is 4.79 Å². The molecule has 0 saturated carbocycles. The maximum Gasteiger partial charge on any atom is 0.240 e. The summed E-state index contributed by atoms with van der Waals surface area (Å²) < 4.78 is 0. The highest BCUT2D eigenvalue weighted by Crippen LogP contribution is 2.21. The second kappa shape index (κ2) is 6.02. The van der Waals surface area contributed by atoms with E-state index in [4.69, 9.17) is 0 Å². The van der Waals surface area contributed by atoms with Crippen LogP contribution in [0.1, 0.15) is 53.4 Å². The number of carbonyl (C=O) groups excluding carboxylic acids is 1. The van der Waals surface area contributed by atoms with Crippen molar-refractivity contribution in [2.75, 3.05) is 13.1 Å². The van der Waals surface area contributed by atoms with Crippen LogP contribution < -0.4 is 10.6 Å². The lowest BCUT2D eigenvalue weighted by atomic mass is 9.88. The van der Waals surface area contributed by atoms with Crippen molar-refractivity contribution in [1.82, 2.24) is 10.6 Å². The number of amides is 1. The molecule has 2 atom stereocenters. The van der Waals surface area contributed by atoms with Gasteiger partial charge in [0.2, 0.25) is 5.91 Å². The van der Waals surface area contributed by atoms with Gasteiger partial charge in [0.15, 0.2) is 0 Å². The second-order valence-corrected chi connectivity index (χ2v) is 6.84. The van der Waals surface area contributed by atoms with Crippen molar-refractivity contribution in [1.29, 1.82) is 0 Å². The number of piperidine rings is 1. The van der Waals surface area contributed by atoms with Gasteiger partial charge in [-0.05, 0) is 44.6 Å². The maximum atomic E-state index is 12.1. The predicted octanol–water partition coefficient (Wildman–Crippen LogP) is 1.43. The molecule has 1 amide bonds. The predicted molar refractivity (Wildman–Crippen MR) is 73.3 cm³/mol. The number of aliphatic hydroxyl groups is 1. The normalized spacial score (nSPS) is 26.7. The molecule has 3 N–H and O–H groups in total. The highest BCUT2D eigenvalue weighted by atomic mass is 16.3. The number of hydrogen-bond acceptors (Lipinski definition) is 3. The van der Waals surface area contributed by atoms with E-state index in [2.05, 4.69) is 31.4 Å². The smallest absolute Gasteiger partial charge is 0.240 e. The molecule has 1 rings (SSSR count). The Labute approximate surface area is 111 Å². The first-order chi connectivity index (χ1) is 8.23. The van der Waals surface area contributed by atoms with E-state index in [0.717, 1.165) is 25.8 Å². The van der Waals surface area contributed by atoms with E-state index in [9.17, 15) is 9.90 Å². The van der Waals surface area contributed by atoms with E-state index in [-0.39, 0.29) is 11.3 Å². The highest BCUT2D eigenvalue weighted by molar-refractivity contribution is 5.85. The molecule has 0 aromatic carbocycles. The summed E-state index contributed by atoms with van der Waals surface area (Å²) in [6, 6.07) is 0. The van der Waals surface area contributed by atoms with Crippen LogP contribution in [-0.4, -0.2) is 35.7 Å². The molecule has 2 unspecified atom stereocenters. The Morgan fingerprint density at radius 1 is 1.44 bits per heavy atom. The van der Waals surface area contributed by atoms with Gasteiger partial charge in [-0.2, -0.15) is 0 Å². The summed E-state index contributed by atoms with van der Waals surface area (Å²) in [6.07, 6.45) is 3.31. The third kappa shape index (κ3) is 4.94. The summed E-state index contributed by atoms with van der Waals surface area (Å²) in [5, 5.41) is 16.0. The Kier molecular flexibility index (Phi) is 5.17. The molecule has 0 spiro atoms. The van der Waals surface area contributed by atoms with E-state index in [1.54, 1.807) is 0 Å². The largest absolute Gasteiger partial charge is 0.391 e. The van der Waals surface area contributed by atoms with Gasteiger partial charge in [-0.15, -0.1) is 0 Å². The minimum absolute atomic E-state index is 0.00941. The van der Waals surface area contributed by atoms with Crippen LogP contribution in [0, 0.1) is 5.41 Å². The van der Waals surface area contributed by atoms with Crippen LogP contribution in [0.2, 0.25) is 0 Å². The van der Waals surface area contributed by atoms with Crippen molar-refractivity contribution in [2.45, 2.75) is 65.0 Å². The third-order valence-corrected chi connectivity index (χ3v) is 3.47. The lowest BCUT2D eigenvalue weighted by Crippen LogP contribution is -2.57. The zero-order valence-corrected chi connectivity index (χ0v) is 12.2. The summed E-state index contributed by atoms with van der Waals surface area (Å²) in [4.78, 5) is 12.1. The van der Waals surface area contributed by atoms with Crippen LogP contribution in [0.15, 0.2) is 0 Å². The molecule has 0 radical (unpaired) electrons. The Hall–Kier alpha value is -0.610. The quantitative estimate of drug-likeness (QED) is 0.713. The number of aliphatic hydroxyl groups excluding tert-OH is 1. The SMILES string of the molecule is CC(C)(C)CC(O)CNC(=O)C1(C)CCCCN1. The molecule has 4 heteroatoms. The zero-order chi connectivity index (χ0) is 13.8. The average molecular weight is 256 g/mol. The van der Waals surface area contributed by atoms with E-state index in [1.165, 1.54) is 0 Å². The second-order valence-electron chi connectivity index (χ2n) is 6.84. The van der Waals surface area contributed by atoms with Crippen molar-refractivity contribution in [3.05, 3.63) is 0 Å². The van der Waals surface area contributed by atoms with E-state index < -0.39 is 11.6 Å². The fourth-order valence-electron chi connectivity index (χ4n) is 2.43. The molecule has 0 aliphatic carbocycles. The standard InChI is InChI=1S/C14H28N2O2/c1-13(2,3)9-11(17)10-15-12(18)14(4)7-5-6-8-16-14/h11,16-17H,5-10H2,1-4H3,(H,15,18). The zero-order valence-electron chi connectivity index (χ0n) is 12.2. The minimum atomic E-state index is -0.471. The third-order valence-electron chi connectivity index (χ3n) is 3.47. The fourth-order valence-corrected chi connectivity index (χ4v) is 2.43. The Morgan fingerprint density at radius 2 is 2.11 bits per heavy atom. The summed E-state index contributed by atoms with van der Waals surface area (Å²) >= 11 is 0. The molecular weight excluding hydrogens is 228 g/mol. The molecule has 1 aliphatic heterocycles. The first-order valence-electron chi connectivity index (χ1n) is 6.94. The number of nitrogens with one attached hydrogen (secondary N) is 2. The molecule has 1 aliphatic rings. The molecule has 106 valence electrons. The van der Waals surface area contributed by atoms with Crippen molar-refractivity contribution in [3.8, 4) is 0 Å². The van der Waals surface area contributed by atoms with Gasteiger partial charge < -0.3 is 15.7 Å². The van der Waals surface area contributed by atoms with Gasteiger partial charge in [-0.25, -0.2) is 0 Å². The molecular formula is C14H28N2O2.